The molecular formula is C12H14N4O3S. The molecule has 2 rings (SSSR count). The standard InChI is InChI=1S/C12H14N4O3S/c1-8-3-5-9(6-4-8)20(18,19)15-10-7-14-16(2)11(10)12(13)17/h3-7,15H,1-2H3,(H2,13,17). The summed E-state index contributed by atoms with van der Waals surface area (Å²) in [5.74, 6) is -0.758. The summed E-state index contributed by atoms with van der Waals surface area (Å²) in [6, 6.07) is 6.34. The Balaban J connectivity index is 2.38. The molecule has 0 saturated carbocycles. The van der Waals surface area contributed by atoms with Crippen LogP contribution in [-0.4, -0.2) is 24.1 Å². The number of nitrogens with one attached hydrogen (secondary N) is 1. The molecule has 0 atom stereocenters. The maximum atomic E-state index is 12.2. The fourth-order valence-corrected chi connectivity index (χ4v) is 2.78. The van der Waals surface area contributed by atoms with E-state index in [-0.39, 0.29) is 16.3 Å². The number of aryl methyl sites for hydroxylation is 2. The smallest absolute Gasteiger partial charge is 0.269 e. The van der Waals surface area contributed by atoms with Crippen LogP contribution in [0.25, 0.3) is 0 Å². The molecule has 0 spiro atoms. The highest BCUT2D eigenvalue weighted by Crippen LogP contribution is 2.19. The zero-order chi connectivity index (χ0) is 14.9. The van der Waals surface area contributed by atoms with E-state index in [0.29, 0.717) is 0 Å². The Labute approximate surface area is 116 Å². The average Bonchev–Trinajstić information content (AvgIpc) is 2.70. The molecule has 20 heavy (non-hydrogen) atoms. The third-order valence-electron chi connectivity index (χ3n) is 2.75. The van der Waals surface area contributed by atoms with Crippen LogP contribution in [0.1, 0.15) is 16.1 Å². The first-order valence-electron chi connectivity index (χ1n) is 5.72. The van der Waals surface area contributed by atoms with E-state index in [2.05, 4.69) is 9.82 Å². The van der Waals surface area contributed by atoms with Crippen LogP contribution in [0.5, 0.6) is 0 Å². The lowest BCUT2D eigenvalue weighted by Crippen LogP contribution is -2.20. The molecule has 1 aromatic carbocycles. The summed E-state index contributed by atoms with van der Waals surface area (Å²) in [4.78, 5) is 11.4. The number of nitrogens with zero attached hydrogens (tertiary/aromatic N) is 2. The highest BCUT2D eigenvalue weighted by atomic mass is 32.2. The van der Waals surface area contributed by atoms with E-state index in [1.165, 1.54) is 30.1 Å². The highest BCUT2D eigenvalue weighted by Gasteiger charge is 2.20. The topological polar surface area (TPSA) is 107 Å². The maximum Gasteiger partial charge on any atom is 0.269 e. The van der Waals surface area contributed by atoms with Crippen molar-refractivity contribution in [2.24, 2.45) is 12.8 Å². The van der Waals surface area contributed by atoms with Crippen LogP contribution in [0.2, 0.25) is 0 Å². The minimum absolute atomic E-state index is 0.000636. The van der Waals surface area contributed by atoms with Crippen LogP contribution >= 0.6 is 0 Å². The molecule has 0 bridgehead atoms. The second-order valence-electron chi connectivity index (χ2n) is 4.31. The lowest BCUT2D eigenvalue weighted by molar-refractivity contribution is 0.0992. The fraction of sp³-hybridized carbons (Fsp3) is 0.167. The first-order chi connectivity index (χ1) is 9.31. The molecule has 0 radical (unpaired) electrons. The van der Waals surface area contributed by atoms with E-state index < -0.39 is 15.9 Å². The van der Waals surface area contributed by atoms with Gasteiger partial charge in [0.25, 0.3) is 15.9 Å². The van der Waals surface area contributed by atoms with Crippen molar-refractivity contribution in [1.29, 1.82) is 0 Å². The molecule has 106 valence electrons. The normalized spacial score (nSPS) is 11.3. The summed E-state index contributed by atoms with van der Waals surface area (Å²) in [5.41, 5.74) is 6.21. The zero-order valence-corrected chi connectivity index (χ0v) is 11.8. The molecule has 0 aliphatic rings. The number of benzene rings is 1. The SMILES string of the molecule is Cc1ccc(S(=O)(=O)Nc2cnn(C)c2C(N)=O)cc1. The Morgan fingerprint density at radius 2 is 1.90 bits per heavy atom. The predicted octanol–water partition coefficient (Wildman–Crippen LogP) is 0.628. The molecule has 1 heterocycles. The maximum absolute atomic E-state index is 12.2. The van der Waals surface area contributed by atoms with E-state index >= 15 is 0 Å². The number of primary amides is 1. The van der Waals surface area contributed by atoms with E-state index in [0.717, 1.165) is 5.56 Å². The summed E-state index contributed by atoms with van der Waals surface area (Å²) >= 11 is 0. The summed E-state index contributed by atoms with van der Waals surface area (Å²) in [5, 5.41) is 3.82. The third kappa shape index (κ3) is 2.64. The minimum Gasteiger partial charge on any atom is -0.364 e. The number of anilines is 1. The summed E-state index contributed by atoms with van der Waals surface area (Å²) in [7, 11) is -2.28. The average molecular weight is 294 g/mol. The molecule has 3 N–H and O–H groups in total. The molecule has 0 fully saturated rings. The van der Waals surface area contributed by atoms with Crippen LogP contribution in [0.4, 0.5) is 5.69 Å². The van der Waals surface area contributed by atoms with Crippen LogP contribution in [0.3, 0.4) is 0 Å². The van der Waals surface area contributed by atoms with Crippen molar-refractivity contribution in [3.8, 4) is 0 Å². The van der Waals surface area contributed by atoms with Gasteiger partial charge in [0.05, 0.1) is 16.8 Å². The second-order valence-corrected chi connectivity index (χ2v) is 6.00. The number of sulfonamides is 1. The van der Waals surface area contributed by atoms with Crippen molar-refractivity contribution >= 4 is 21.6 Å². The first kappa shape index (κ1) is 14.1. The van der Waals surface area contributed by atoms with Crippen molar-refractivity contribution < 1.29 is 13.2 Å². The number of amides is 1. The number of aromatic nitrogens is 2. The first-order valence-corrected chi connectivity index (χ1v) is 7.21. The number of hydrogen-bond acceptors (Lipinski definition) is 4. The minimum atomic E-state index is -3.78. The van der Waals surface area contributed by atoms with Crippen molar-refractivity contribution in [3.63, 3.8) is 0 Å². The van der Waals surface area contributed by atoms with Gasteiger partial charge in [-0.15, -0.1) is 0 Å². The largest absolute Gasteiger partial charge is 0.364 e. The molecule has 0 unspecified atom stereocenters. The molecule has 1 amide bonds. The number of carbonyl (C=O) groups is 1. The monoisotopic (exact) mass is 294 g/mol. The Morgan fingerprint density at radius 1 is 1.30 bits per heavy atom. The number of nitrogens with two attached hydrogens (primary N) is 1. The molecule has 2 aromatic rings. The van der Waals surface area contributed by atoms with Crippen LogP contribution in [0.15, 0.2) is 35.4 Å². The summed E-state index contributed by atoms with van der Waals surface area (Å²) < 4.78 is 27.9. The molecule has 7 nitrogen and oxygen atoms in total. The van der Waals surface area contributed by atoms with Crippen molar-refractivity contribution in [1.82, 2.24) is 9.78 Å². The van der Waals surface area contributed by atoms with Crippen molar-refractivity contribution in [2.75, 3.05) is 4.72 Å². The number of carbonyl (C=O) groups excluding carboxylic acids is 1. The van der Waals surface area contributed by atoms with Gasteiger partial charge in [-0.3, -0.25) is 14.2 Å². The van der Waals surface area contributed by atoms with Crippen LogP contribution in [-0.2, 0) is 17.1 Å². The van der Waals surface area contributed by atoms with E-state index in [1.807, 2.05) is 6.92 Å². The van der Waals surface area contributed by atoms with E-state index in [4.69, 9.17) is 5.73 Å². The van der Waals surface area contributed by atoms with Gasteiger partial charge in [-0.05, 0) is 19.1 Å². The number of hydrogen-bond donors (Lipinski definition) is 2. The van der Waals surface area contributed by atoms with E-state index in [9.17, 15) is 13.2 Å². The quantitative estimate of drug-likeness (QED) is 0.862. The molecule has 0 aliphatic heterocycles. The van der Waals surface area contributed by atoms with E-state index in [1.54, 1.807) is 12.1 Å². The van der Waals surface area contributed by atoms with Crippen molar-refractivity contribution in [2.45, 2.75) is 11.8 Å². The van der Waals surface area contributed by atoms with Crippen LogP contribution in [0, 0.1) is 6.92 Å². The number of rotatable bonds is 4. The lowest BCUT2D eigenvalue weighted by atomic mass is 10.2. The van der Waals surface area contributed by atoms with Gasteiger partial charge in [0.2, 0.25) is 0 Å². The summed E-state index contributed by atoms with van der Waals surface area (Å²) in [6.07, 6.45) is 1.24. The Kier molecular flexibility index (Phi) is 3.49. The molecule has 1 aromatic heterocycles. The molecular weight excluding hydrogens is 280 g/mol. The lowest BCUT2D eigenvalue weighted by Gasteiger charge is -2.08. The van der Waals surface area contributed by atoms with Crippen molar-refractivity contribution in [3.05, 3.63) is 41.7 Å². The molecule has 0 aliphatic carbocycles. The van der Waals surface area contributed by atoms with Gasteiger partial charge in [0.1, 0.15) is 5.69 Å². The van der Waals surface area contributed by atoms with Gasteiger partial charge in [-0.2, -0.15) is 5.10 Å². The zero-order valence-electron chi connectivity index (χ0n) is 11.0. The fourth-order valence-electron chi connectivity index (χ4n) is 1.73. The van der Waals surface area contributed by atoms with Gasteiger partial charge in [-0.25, -0.2) is 8.42 Å². The Bertz CT molecular complexity index is 748. The highest BCUT2D eigenvalue weighted by molar-refractivity contribution is 7.92. The second kappa shape index (κ2) is 4.97. The van der Waals surface area contributed by atoms with Gasteiger partial charge in [-0.1, -0.05) is 17.7 Å². The summed E-state index contributed by atoms with van der Waals surface area (Å²) in [6.45, 7) is 1.86. The Hall–Kier alpha value is -2.35. The van der Waals surface area contributed by atoms with Crippen LogP contribution < -0.4 is 10.5 Å². The van der Waals surface area contributed by atoms with Gasteiger partial charge in [0.15, 0.2) is 0 Å². The predicted molar refractivity (Wildman–Crippen MR) is 73.7 cm³/mol. The third-order valence-corrected chi connectivity index (χ3v) is 4.13. The molecule has 0 saturated heterocycles. The van der Waals surface area contributed by atoms with Gasteiger partial charge < -0.3 is 5.73 Å². The Morgan fingerprint density at radius 3 is 2.45 bits per heavy atom. The van der Waals surface area contributed by atoms with Gasteiger partial charge in [0, 0.05) is 7.05 Å². The van der Waals surface area contributed by atoms with Gasteiger partial charge >= 0.3 is 0 Å². The molecule has 8 heteroatoms.